The summed E-state index contributed by atoms with van der Waals surface area (Å²) >= 11 is 0. The number of hydrogen-bond acceptors (Lipinski definition) is 3. The quantitative estimate of drug-likeness (QED) is 0.759. The fraction of sp³-hybridized carbons (Fsp3) is 0.692. The molecule has 0 unspecified atom stereocenters. The van der Waals surface area contributed by atoms with Crippen molar-refractivity contribution in [2.45, 2.75) is 39.2 Å². The number of aromatic nitrogens is 2. The van der Waals surface area contributed by atoms with Crippen LogP contribution in [-0.2, 0) is 6.54 Å². The van der Waals surface area contributed by atoms with E-state index in [1.54, 1.807) is 0 Å². The Bertz CT molecular complexity index is 461. The van der Waals surface area contributed by atoms with Crippen LogP contribution in [0.4, 0.5) is 0 Å². The van der Waals surface area contributed by atoms with Gasteiger partial charge in [-0.2, -0.15) is 5.10 Å². The number of carbonyl (C=O) groups is 1. The van der Waals surface area contributed by atoms with Crippen LogP contribution in [0, 0.1) is 6.92 Å². The predicted molar refractivity (Wildman–Crippen MR) is 66.8 cm³/mol. The van der Waals surface area contributed by atoms with Crippen molar-refractivity contribution in [2.24, 2.45) is 0 Å². The lowest BCUT2D eigenvalue weighted by molar-refractivity contribution is 0.0716. The van der Waals surface area contributed by atoms with E-state index in [2.05, 4.69) is 5.10 Å². The highest BCUT2D eigenvalue weighted by atomic mass is 16.5. The van der Waals surface area contributed by atoms with Crippen molar-refractivity contribution in [3.05, 3.63) is 11.3 Å². The average Bonchev–Trinajstić information content (AvgIpc) is 2.77. The number of nitrogens with zero attached hydrogens (tertiary/aromatic N) is 3. The largest absolute Gasteiger partial charge is 0.478 e. The van der Waals surface area contributed by atoms with Crippen LogP contribution in [0.2, 0.25) is 0 Å². The molecule has 98 valence electrons. The number of piperidine rings is 1. The zero-order chi connectivity index (χ0) is 12.5. The van der Waals surface area contributed by atoms with Crippen LogP contribution in [0.1, 0.15) is 41.7 Å². The molecule has 0 aromatic carbocycles. The molecule has 3 heterocycles. The lowest BCUT2D eigenvalue weighted by Gasteiger charge is -2.26. The number of rotatable bonds is 1. The van der Waals surface area contributed by atoms with Gasteiger partial charge in [-0.1, -0.05) is 0 Å². The van der Waals surface area contributed by atoms with Crippen LogP contribution < -0.4 is 4.74 Å². The summed E-state index contributed by atoms with van der Waals surface area (Å²) in [4.78, 5) is 14.4. The Labute approximate surface area is 107 Å². The summed E-state index contributed by atoms with van der Waals surface area (Å²) in [7, 11) is 0. The molecule has 5 nitrogen and oxygen atoms in total. The molecule has 0 atom stereocenters. The van der Waals surface area contributed by atoms with E-state index in [0.29, 0.717) is 5.69 Å². The Morgan fingerprint density at radius 1 is 1.17 bits per heavy atom. The number of ether oxygens (including phenoxy) is 1. The number of fused-ring (bicyclic) bond motifs is 1. The van der Waals surface area contributed by atoms with Gasteiger partial charge >= 0.3 is 0 Å². The van der Waals surface area contributed by atoms with Crippen molar-refractivity contribution in [3.63, 3.8) is 0 Å². The molecule has 0 aliphatic carbocycles. The number of amides is 1. The molecule has 1 aromatic heterocycles. The standard InChI is InChI=1S/C13H19N3O2/c1-10-11(12(17)15-6-3-2-4-7-15)14-16-8-5-9-18-13(10)16/h2-9H2,1H3. The van der Waals surface area contributed by atoms with Gasteiger partial charge in [0.2, 0.25) is 5.88 Å². The number of aryl methyl sites for hydroxylation is 1. The zero-order valence-corrected chi connectivity index (χ0v) is 10.8. The van der Waals surface area contributed by atoms with E-state index < -0.39 is 0 Å². The lowest BCUT2D eigenvalue weighted by Crippen LogP contribution is -2.36. The Hall–Kier alpha value is -1.52. The van der Waals surface area contributed by atoms with Crippen molar-refractivity contribution >= 4 is 5.91 Å². The highest BCUT2D eigenvalue weighted by Crippen LogP contribution is 2.26. The van der Waals surface area contributed by atoms with Crippen LogP contribution in [0.15, 0.2) is 0 Å². The minimum absolute atomic E-state index is 0.0673. The third kappa shape index (κ3) is 1.87. The maximum atomic E-state index is 12.4. The first-order valence-electron chi connectivity index (χ1n) is 6.77. The molecule has 1 fully saturated rings. The Morgan fingerprint density at radius 3 is 2.67 bits per heavy atom. The van der Waals surface area contributed by atoms with E-state index in [1.807, 2.05) is 16.5 Å². The highest BCUT2D eigenvalue weighted by Gasteiger charge is 2.27. The summed E-state index contributed by atoms with van der Waals surface area (Å²) in [5.41, 5.74) is 1.47. The van der Waals surface area contributed by atoms with Gasteiger partial charge in [-0.05, 0) is 26.2 Å². The molecule has 1 saturated heterocycles. The molecule has 5 heteroatoms. The van der Waals surface area contributed by atoms with E-state index in [0.717, 1.165) is 56.9 Å². The van der Waals surface area contributed by atoms with Crippen molar-refractivity contribution in [3.8, 4) is 5.88 Å². The van der Waals surface area contributed by atoms with E-state index in [-0.39, 0.29) is 5.91 Å². The monoisotopic (exact) mass is 249 g/mol. The second-order valence-corrected chi connectivity index (χ2v) is 5.06. The Morgan fingerprint density at radius 2 is 1.94 bits per heavy atom. The van der Waals surface area contributed by atoms with E-state index in [9.17, 15) is 4.79 Å². The third-order valence-electron chi connectivity index (χ3n) is 3.73. The minimum atomic E-state index is 0.0673. The topological polar surface area (TPSA) is 47.4 Å². The van der Waals surface area contributed by atoms with Gasteiger partial charge in [0.25, 0.3) is 5.91 Å². The first kappa shape index (κ1) is 11.6. The highest BCUT2D eigenvalue weighted by molar-refractivity contribution is 5.94. The van der Waals surface area contributed by atoms with Gasteiger partial charge in [-0.3, -0.25) is 4.79 Å². The van der Waals surface area contributed by atoms with Crippen molar-refractivity contribution in [2.75, 3.05) is 19.7 Å². The summed E-state index contributed by atoms with van der Waals surface area (Å²) < 4.78 is 7.43. The molecule has 1 aromatic rings. The Kier molecular flexibility index (Phi) is 2.97. The van der Waals surface area contributed by atoms with Gasteiger partial charge in [0, 0.05) is 31.6 Å². The first-order chi connectivity index (χ1) is 8.77. The number of hydrogen-bond donors (Lipinski definition) is 0. The van der Waals surface area contributed by atoms with Gasteiger partial charge in [0.15, 0.2) is 5.69 Å². The zero-order valence-electron chi connectivity index (χ0n) is 10.8. The molecule has 0 radical (unpaired) electrons. The number of carbonyl (C=O) groups excluding carboxylic acids is 1. The minimum Gasteiger partial charge on any atom is -0.478 e. The van der Waals surface area contributed by atoms with Crippen LogP contribution >= 0.6 is 0 Å². The number of likely N-dealkylation sites (tertiary alicyclic amines) is 1. The molecule has 0 spiro atoms. The second kappa shape index (κ2) is 4.63. The molecule has 2 aliphatic rings. The predicted octanol–water partition coefficient (Wildman–Crippen LogP) is 1.60. The van der Waals surface area contributed by atoms with Crippen LogP contribution in [0.25, 0.3) is 0 Å². The fourth-order valence-electron chi connectivity index (χ4n) is 2.70. The Balaban J connectivity index is 1.87. The summed E-state index contributed by atoms with van der Waals surface area (Å²) in [6.45, 7) is 5.23. The molecule has 0 N–H and O–H groups in total. The smallest absolute Gasteiger partial charge is 0.274 e. The normalized spacial score (nSPS) is 19.3. The van der Waals surface area contributed by atoms with Crippen LogP contribution in [0.5, 0.6) is 5.88 Å². The van der Waals surface area contributed by atoms with E-state index >= 15 is 0 Å². The van der Waals surface area contributed by atoms with Crippen LogP contribution in [-0.4, -0.2) is 40.3 Å². The van der Waals surface area contributed by atoms with Crippen molar-refractivity contribution in [1.82, 2.24) is 14.7 Å². The van der Waals surface area contributed by atoms with E-state index in [4.69, 9.17) is 4.74 Å². The molecular formula is C13H19N3O2. The molecule has 0 bridgehead atoms. The molecule has 18 heavy (non-hydrogen) atoms. The van der Waals surface area contributed by atoms with Gasteiger partial charge < -0.3 is 9.64 Å². The summed E-state index contributed by atoms with van der Waals surface area (Å²) in [6.07, 6.45) is 4.40. The second-order valence-electron chi connectivity index (χ2n) is 5.06. The molecular weight excluding hydrogens is 230 g/mol. The lowest BCUT2D eigenvalue weighted by atomic mass is 10.1. The molecule has 2 aliphatic heterocycles. The van der Waals surface area contributed by atoms with Gasteiger partial charge in [-0.25, -0.2) is 4.68 Å². The van der Waals surface area contributed by atoms with Crippen molar-refractivity contribution in [1.29, 1.82) is 0 Å². The SMILES string of the molecule is Cc1c(C(=O)N2CCCCC2)nn2c1OCCC2. The van der Waals surface area contributed by atoms with Gasteiger partial charge in [-0.15, -0.1) is 0 Å². The molecule has 0 saturated carbocycles. The summed E-state index contributed by atoms with van der Waals surface area (Å²) in [6, 6.07) is 0. The van der Waals surface area contributed by atoms with Gasteiger partial charge in [0.05, 0.1) is 6.61 Å². The fourth-order valence-corrected chi connectivity index (χ4v) is 2.70. The third-order valence-corrected chi connectivity index (χ3v) is 3.73. The van der Waals surface area contributed by atoms with Crippen LogP contribution in [0.3, 0.4) is 0 Å². The van der Waals surface area contributed by atoms with Gasteiger partial charge in [0.1, 0.15) is 0 Å². The molecule has 3 rings (SSSR count). The van der Waals surface area contributed by atoms with Crippen molar-refractivity contribution < 1.29 is 9.53 Å². The summed E-state index contributed by atoms with van der Waals surface area (Å²) in [5.74, 6) is 0.847. The molecule has 1 amide bonds. The average molecular weight is 249 g/mol. The maximum Gasteiger partial charge on any atom is 0.274 e. The summed E-state index contributed by atoms with van der Waals surface area (Å²) in [5, 5.41) is 4.43. The first-order valence-corrected chi connectivity index (χ1v) is 6.77. The van der Waals surface area contributed by atoms with E-state index in [1.165, 1.54) is 6.42 Å². The maximum absolute atomic E-state index is 12.4.